The van der Waals surface area contributed by atoms with Crippen LogP contribution in [-0.2, 0) is 23.7 Å². The third kappa shape index (κ3) is 7.07. The van der Waals surface area contributed by atoms with Crippen LogP contribution in [0.5, 0.6) is 0 Å². The van der Waals surface area contributed by atoms with E-state index in [0.717, 1.165) is 6.42 Å². The molecular weight excluding hydrogens is 554 g/mol. The van der Waals surface area contributed by atoms with E-state index in [1.165, 1.54) is 6.92 Å². The van der Waals surface area contributed by atoms with Crippen molar-refractivity contribution in [3.05, 3.63) is 11.8 Å². The van der Waals surface area contributed by atoms with Gasteiger partial charge in [0, 0.05) is 18.5 Å². The van der Waals surface area contributed by atoms with Crippen LogP contribution in [0.2, 0.25) is 0 Å². The second-order valence-corrected chi connectivity index (χ2v) is 12.0. The number of aliphatic hydroxyl groups excluding tert-OH is 2. The van der Waals surface area contributed by atoms with Crippen LogP contribution in [0.1, 0.15) is 32.6 Å². The molecule has 1 saturated heterocycles. The quantitative estimate of drug-likeness (QED) is 0.0930. The zero-order chi connectivity index (χ0) is 30.8. The van der Waals surface area contributed by atoms with E-state index < -0.39 is 78.3 Å². The Morgan fingerprint density at radius 3 is 2.43 bits per heavy atom. The van der Waals surface area contributed by atoms with Gasteiger partial charge in [0.2, 0.25) is 6.29 Å². The summed E-state index contributed by atoms with van der Waals surface area (Å²) in [6.45, 7) is 2.63. The molecule has 2 heterocycles. The first-order valence-corrected chi connectivity index (χ1v) is 14.6. The minimum absolute atomic E-state index is 0.0804. The van der Waals surface area contributed by atoms with Gasteiger partial charge < -0.3 is 78.3 Å². The SMILES string of the molecule is CN[C@@H]1[C@@H](O)[C@@H](O[C@H]2[C@H](NC(=O)C3(O)CC3N)C[C@H](N)C(O[C@H]3OC(CN)=CC[C@H]3NCCCN)[C@@H]2O)OC[C@]1(C)O. The fourth-order valence-corrected chi connectivity index (χ4v) is 5.92. The van der Waals surface area contributed by atoms with Crippen molar-refractivity contribution in [1.82, 2.24) is 16.0 Å². The topological polar surface area (TPSA) is 275 Å². The van der Waals surface area contributed by atoms with E-state index in [0.29, 0.717) is 25.3 Å². The number of likely N-dealkylation sites (N-methyl/N-ethyl adjacent to an activating group) is 1. The average molecular weight is 604 g/mol. The van der Waals surface area contributed by atoms with Crippen molar-refractivity contribution in [2.24, 2.45) is 22.9 Å². The number of rotatable bonds is 12. The molecule has 3 unspecified atom stereocenters. The molecule has 0 aromatic heterocycles. The molecule has 0 radical (unpaired) electrons. The molecule has 2 aliphatic heterocycles. The van der Waals surface area contributed by atoms with E-state index in [2.05, 4.69) is 16.0 Å². The highest BCUT2D eigenvalue weighted by Crippen LogP contribution is 2.36. The third-order valence-electron chi connectivity index (χ3n) is 8.62. The summed E-state index contributed by atoms with van der Waals surface area (Å²) >= 11 is 0. The van der Waals surface area contributed by atoms with Gasteiger partial charge in [0.25, 0.3) is 5.91 Å². The minimum Gasteiger partial charge on any atom is -0.467 e. The van der Waals surface area contributed by atoms with Crippen molar-refractivity contribution in [3.8, 4) is 0 Å². The smallest absolute Gasteiger partial charge is 0.253 e. The molecule has 4 rings (SSSR count). The second kappa shape index (κ2) is 13.6. The van der Waals surface area contributed by atoms with Gasteiger partial charge in [0.05, 0.1) is 31.3 Å². The zero-order valence-corrected chi connectivity index (χ0v) is 24.2. The standard InChI is InChI=1S/C26H49N7O9/c1-25(37)11-39-23(18(35)21(25)31-2)42-20-15(33-24(36)26(38)9-16(26)30)8-13(29)19(17(20)34)41-22-14(32-7-3-6-27)5-4-12(10-28)40-22/h4,13-23,31-32,34-35,37-38H,3,5-11,27-30H2,1-2H3,(H,33,36)/t13-,14+,15+,16?,17-,18+,19?,20-,21+,22+,23+,25-,26?/m0/s1. The molecule has 4 aliphatic rings. The highest BCUT2D eigenvalue weighted by Gasteiger charge is 2.59. The van der Waals surface area contributed by atoms with E-state index >= 15 is 0 Å². The van der Waals surface area contributed by atoms with Gasteiger partial charge in [-0.05, 0) is 52.4 Å². The summed E-state index contributed by atoms with van der Waals surface area (Å²) in [5, 5.41) is 52.7. The lowest BCUT2D eigenvalue weighted by Crippen LogP contribution is -2.69. The van der Waals surface area contributed by atoms with Gasteiger partial charge in [-0.2, -0.15) is 0 Å². The maximum atomic E-state index is 12.9. The lowest BCUT2D eigenvalue weighted by Gasteiger charge is -2.49. The number of aliphatic hydroxyl groups is 4. The third-order valence-corrected chi connectivity index (χ3v) is 8.62. The van der Waals surface area contributed by atoms with Crippen molar-refractivity contribution in [2.75, 3.05) is 33.3 Å². The number of amides is 1. The first-order valence-electron chi connectivity index (χ1n) is 14.6. The average Bonchev–Trinajstić information content (AvgIpc) is 3.57. The summed E-state index contributed by atoms with van der Waals surface area (Å²) in [6, 6.07) is -3.51. The largest absolute Gasteiger partial charge is 0.467 e. The van der Waals surface area contributed by atoms with Crippen LogP contribution < -0.4 is 38.9 Å². The van der Waals surface area contributed by atoms with Crippen molar-refractivity contribution >= 4 is 5.91 Å². The van der Waals surface area contributed by atoms with Crippen LogP contribution in [0.15, 0.2) is 11.8 Å². The van der Waals surface area contributed by atoms with E-state index in [9.17, 15) is 25.2 Å². The van der Waals surface area contributed by atoms with E-state index in [1.54, 1.807) is 7.05 Å². The molecule has 16 nitrogen and oxygen atoms in total. The molecule has 42 heavy (non-hydrogen) atoms. The summed E-state index contributed by atoms with van der Waals surface area (Å²) in [7, 11) is 1.58. The van der Waals surface area contributed by atoms with E-state index in [-0.39, 0.29) is 32.0 Å². The monoisotopic (exact) mass is 603 g/mol. The predicted molar refractivity (Wildman–Crippen MR) is 149 cm³/mol. The van der Waals surface area contributed by atoms with Crippen molar-refractivity contribution in [2.45, 2.75) is 111 Å². The molecule has 0 aromatic rings. The molecule has 16 heteroatoms. The van der Waals surface area contributed by atoms with Crippen molar-refractivity contribution in [3.63, 3.8) is 0 Å². The van der Waals surface area contributed by atoms with E-state index in [4.69, 9.17) is 41.9 Å². The molecule has 1 amide bonds. The van der Waals surface area contributed by atoms with Gasteiger partial charge in [-0.1, -0.05) is 0 Å². The summed E-state index contributed by atoms with van der Waals surface area (Å²) in [4.78, 5) is 12.9. The number of carbonyl (C=O) groups is 1. The first kappa shape index (κ1) is 33.4. The Bertz CT molecular complexity index is 961. The highest BCUT2D eigenvalue weighted by molar-refractivity contribution is 5.89. The van der Waals surface area contributed by atoms with Crippen LogP contribution in [0.4, 0.5) is 0 Å². The number of ether oxygens (including phenoxy) is 4. The Kier molecular flexibility index (Phi) is 10.8. The lowest BCUT2D eigenvalue weighted by atomic mass is 9.83. The molecule has 15 N–H and O–H groups in total. The molecule has 3 fully saturated rings. The maximum Gasteiger partial charge on any atom is 0.253 e. The van der Waals surface area contributed by atoms with Crippen LogP contribution >= 0.6 is 0 Å². The summed E-state index contributed by atoms with van der Waals surface area (Å²) in [5.74, 6) is -0.183. The molecule has 13 atom stereocenters. The molecule has 0 bridgehead atoms. The predicted octanol–water partition coefficient (Wildman–Crippen LogP) is -5.25. The zero-order valence-electron chi connectivity index (χ0n) is 24.2. The Morgan fingerprint density at radius 2 is 1.81 bits per heavy atom. The number of hydrogen-bond donors (Lipinski definition) is 11. The Balaban J connectivity index is 1.55. The number of carbonyl (C=O) groups excluding carboxylic acids is 1. The van der Waals surface area contributed by atoms with Crippen molar-refractivity contribution < 1.29 is 44.2 Å². The van der Waals surface area contributed by atoms with Crippen LogP contribution in [-0.4, -0.2) is 138 Å². The first-order chi connectivity index (χ1) is 19.9. The second-order valence-electron chi connectivity index (χ2n) is 12.0. The van der Waals surface area contributed by atoms with Gasteiger partial charge in [-0.15, -0.1) is 0 Å². The summed E-state index contributed by atoms with van der Waals surface area (Å²) in [5.41, 5.74) is 20.6. The molecule has 242 valence electrons. The number of hydrogen-bond acceptors (Lipinski definition) is 15. The molecule has 2 saturated carbocycles. The van der Waals surface area contributed by atoms with E-state index in [1.807, 2.05) is 6.08 Å². The Morgan fingerprint density at radius 1 is 1.12 bits per heavy atom. The fourth-order valence-electron chi connectivity index (χ4n) is 5.92. The highest BCUT2D eigenvalue weighted by atomic mass is 16.7. The molecule has 2 aliphatic carbocycles. The van der Waals surface area contributed by atoms with Gasteiger partial charge in [-0.3, -0.25) is 4.79 Å². The molecular formula is C26H49N7O9. The van der Waals surface area contributed by atoms with Gasteiger partial charge in [-0.25, -0.2) is 0 Å². The van der Waals surface area contributed by atoms with Crippen LogP contribution in [0.25, 0.3) is 0 Å². The Hall–Kier alpha value is -1.51. The maximum absolute atomic E-state index is 12.9. The summed E-state index contributed by atoms with van der Waals surface area (Å²) in [6.07, 6.45) is -3.80. The van der Waals surface area contributed by atoms with Crippen LogP contribution in [0, 0.1) is 0 Å². The van der Waals surface area contributed by atoms with Crippen molar-refractivity contribution in [1.29, 1.82) is 0 Å². The van der Waals surface area contributed by atoms with Gasteiger partial charge in [0.15, 0.2) is 11.9 Å². The fraction of sp³-hybridized carbons (Fsp3) is 0.885. The lowest BCUT2D eigenvalue weighted by molar-refractivity contribution is -0.304. The molecule has 0 aromatic carbocycles. The minimum atomic E-state index is -1.73. The van der Waals surface area contributed by atoms with Gasteiger partial charge in [0.1, 0.15) is 35.8 Å². The Labute approximate surface area is 245 Å². The number of nitrogens with two attached hydrogens (primary N) is 4. The van der Waals surface area contributed by atoms with Gasteiger partial charge >= 0.3 is 0 Å². The summed E-state index contributed by atoms with van der Waals surface area (Å²) < 4.78 is 24.1. The normalized spacial score (nSPS) is 45.6. The molecule has 0 spiro atoms. The number of nitrogens with one attached hydrogen (secondary N) is 3. The van der Waals surface area contributed by atoms with Crippen LogP contribution in [0.3, 0.4) is 0 Å².